The van der Waals surface area contributed by atoms with Gasteiger partial charge in [0, 0.05) is 43.9 Å². The summed E-state index contributed by atoms with van der Waals surface area (Å²) in [6, 6.07) is 73.2. The Kier molecular flexibility index (Phi) is 7.49. The Morgan fingerprint density at radius 3 is 1.71 bits per heavy atom. The molecule has 0 radical (unpaired) electrons. The summed E-state index contributed by atoms with van der Waals surface area (Å²) in [5.74, 6) is 0. The number of rotatable bonds is 6. The van der Waals surface area contributed by atoms with Crippen molar-refractivity contribution in [1.82, 2.24) is 9.55 Å². The highest BCUT2D eigenvalue weighted by Crippen LogP contribution is 2.39. The summed E-state index contributed by atoms with van der Waals surface area (Å²) in [6.45, 7) is 0. The van der Waals surface area contributed by atoms with E-state index in [1.807, 2.05) is 18.2 Å². The van der Waals surface area contributed by atoms with Gasteiger partial charge in [0.1, 0.15) is 11.2 Å². The van der Waals surface area contributed by atoms with Gasteiger partial charge in [-0.3, -0.25) is 0 Å². The highest BCUT2D eigenvalue weighted by atomic mass is 16.3. The minimum absolute atomic E-state index is 0.907. The van der Waals surface area contributed by atoms with Crippen LogP contribution in [0.2, 0.25) is 0 Å². The van der Waals surface area contributed by atoms with Crippen LogP contribution >= 0.6 is 0 Å². The van der Waals surface area contributed by atoms with Gasteiger partial charge in [-0.05, 0) is 76.3 Å². The summed E-state index contributed by atoms with van der Waals surface area (Å²) in [7, 11) is 0. The van der Waals surface area contributed by atoms with E-state index in [0.717, 1.165) is 72.4 Å². The van der Waals surface area contributed by atoms with E-state index in [0.29, 0.717) is 0 Å². The molecule has 0 atom stereocenters. The Balaban J connectivity index is 0.983. The van der Waals surface area contributed by atoms with Crippen molar-refractivity contribution in [2.24, 2.45) is 0 Å². The van der Waals surface area contributed by atoms with E-state index in [2.05, 4.69) is 193 Å². The molecule has 11 rings (SSSR count). The number of hydrogen-bond acceptors (Lipinski definition) is 2. The molecule has 56 heavy (non-hydrogen) atoms. The first kappa shape index (κ1) is 32.0. The van der Waals surface area contributed by atoms with Crippen molar-refractivity contribution in [2.45, 2.75) is 0 Å². The molecule has 3 heteroatoms. The zero-order valence-electron chi connectivity index (χ0n) is 30.4. The summed E-state index contributed by atoms with van der Waals surface area (Å²) in [5.41, 5.74) is 16.2. The van der Waals surface area contributed by atoms with Crippen molar-refractivity contribution in [3.05, 3.63) is 206 Å². The zero-order chi connectivity index (χ0) is 37.0. The molecule has 0 unspecified atom stereocenters. The molecule has 0 aliphatic rings. The largest absolute Gasteiger partial charge is 0.455 e. The molecule has 8 aromatic carbocycles. The molecule has 3 aromatic heterocycles. The number of pyridine rings is 1. The van der Waals surface area contributed by atoms with Gasteiger partial charge in [-0.15, -0.1) is 0 Å². The van der Waals surface area contributed by atoms with E-state index in [1.54, 1.807) is 0 Å². The lowest BCUT2D eigenvalue weighted by molar-refractivity contribution is 0.670. The Morgan fingerprint density at radius 1 is 0.339 bits per heavy atom. The Bertz CT molecular complexity index is 3170. The Morgan fingerprint density at radius 2 is 0.911 bits per heavy atom. The SMILES string of the molecule is c1ccc(-c2cc(-c3ccccc3)nc(-c3ccc(-c4ccc5c(c4)c4ccccc4n5-c4cccc(-c5cccc6c5oc5ccccc56)c4)cc3)c2)cc1. The monoisotopic (exact) mass is 714 g/mol. The van der Waals surface area contributed by atoms with Gasteiger partial charge in [-0.2, -0.15) is 0 Å². The van der Waals surface area contributed by atoms with E-state index < -0.39 is 0 Å². The molecule has 11 aromatic rings. The molecule has 0 amide bonds. The van der Waals surface area contributed by atoms with Crippen LogP contribution in [0.1, 0.15) is 0 Å². The fourth-order valence-corrected chi connectivity index (χ4v) is 8.28. The second kappa shape index (κ2) is 13.1. The van der Waals surface area contributed by atoms with E-state index >= 15 is 0 Å². The lowest BCUT2D eigenvalue weighted by Gasteiger charge is -2.12. The summed E-state index contributed by atoms with van der Waals surface area (Å²) < 4.78 is 8.82. The van der Waals surface area contributed by atoms with E-state index in [-0.39, 0.29) is 0 Å². The van der Waals surface area contributed by atoms with Crippen molar-refractivity contribution in [3.63, 3.8) is 0 Å². The Hall–Kier alpha value is -7.49. The van der Waals surface area contributed by atoms with Crippen molar-refractivity contribution in [3.8, 4) is 61.6 Å². The number of fused-ring (bicyclic) bond motifs is 6. The molecular weight excluding hydrogens is 681 g/mol. The van der Waals surface area contributed by atoms with Gasteiger partial charge in [0.25, 0.3) is 0 Å². The molecular formula is C53H34N2O. The highest BCUT2D eigenvalue weighted by molar-refractivity contribution is 6.11. The molecule has 0 saturated carbocycles. The fourth-order valence-electron chi connectivity index (χ4n) is 8.28. The molecule has 0 bridgehead atoms. The zero-order valence-corrected chi connectivity index (χ0v) is 30.4. The van der Waals surface area contributed by atoms with E-state index in [1.165, 1.54) is 32.9 Å². The van der Waals surface area contributed by atoms with Crippen molar-refractivity contribution in [2.75, 3.05) is 0 Å². The first-order valence-electron chi connectivity index (χ1n) is 19.0. The van der Waals surface area contributed by atoms with Crippen LogP contribution in [0.5, 0.6) is 0 Å². The summed E-state index contributed by atoms with van der Waals surface area (Å²) in [4.78, 5) is 5.15. The van der Waals surface area contributed by atoms with Gasteiger partial charge in [0.2, 0.25) is 0 Å². The smallest absolute Gasteiger partial charge is 0.143 e. The van der Waals surface area contributed by atoms with E-state index in [9.17, 15) is 0 Å². The average Bonchev–Trinajstić information content (AvgIpc) is 3.83. The maximum atomic E-state index is 6.43. The van der Waals surface area contributed by atoms with Crippen molar-refractivity contribution >= 4 is 43.7 Å². The van der Waals surface area contributed by atoms with Crippen LogP contribution in [0, 0.1) is 0 Å². The first-order chi connectivity index (χ1) is 27.7. The predicted octanol–water partition coefficient (Wildman–Crippen LogP) is 14.4. The van der Waals surface area contributed by atoms with Crippen molar-refractivity contribution in [1.29, 1.82) is 0 Å². The molecule has 3 heterocycles. The number of benzene rings is 8. The molecule has 0 aliphatic carbocycles. The van der Waals surface area contributed by atoms with Crippen LogP contribution in [0.25, 0.3) is 105 Å². The van der Waals surface area contributed by atoms with Crippen LogP contribution < -0.4 is 0 Å². The molecule has 0 fully saturated rings. The second-order valence-electron chi connectivity index (χ2n) is 14.4. The lowest BCUT2D eigenvalue weighted by atomic mass is 9.98. The third-order valence-electron chi connectivity index (χ3n) is 11.0. The number of nitrogens with zero attached hydrogens (tertiary/aromatic N) is 2. The van der Waals surface area contributed by atoms with Gasteiger partial charge in [0.15, 0.2) is 0 Å². The quantitative estimate of drug-likeness (QED) is 0.172. The number of furan rings is 1. The third kappa shape index (κ3) is 5.40. The van der Waals surface area contributed by atoms with Gasteiger partial charge in [0.05, 0.1) is 22.4 Å². The number of hydrogen-bond donors (Lipinski definition) is 0. The van der Waals surface area contributed by atoms with Gasteiger partial charge in [-0.1, -0.05) is 158 Å². The molecule has 0 saturated heterocycles. The summed E-state index contributed by atoms with van der Waals surface area (Å²) in [5, 5.41) is 4.71. The van der Waals surface area contributed by atoms with E-state index in [4.69, 9.17) is 9.40 Å². The maximum absolute atomic E-state index is 6.43. The van der Waals surface area contributed by atoms with Crippen LogP contribution in [0.3, 0.4) is 0 Å². The van der Waals surface area contributed by atoms with Crippen LogP contribution in [-0.4, -0.2) is 9.55 Å². The topological polar surface area (TPSA) is 31.0 Å². The highest BCUT2D eigenvalue weighted by Gasteiger charge is 2.17. The maximum Gasteiger partial charge on any atom is 0.143 e. The second-order valence-corrected chi connectivity index (χ2v) is 14.4. The summed E-state index contributed by atoms with van der Waals surface area (Å²) >= 11 is 0. The number of para-hydroxylation sites is 3. The molecule has 0 aliphatic heterocycles. The first-order valence-corrected chi connectivity index (χ1v) is 19.0. The predicted molar refractivity (Wildman–Crippen MR) is 233 cm³/mol. The van der Waals surface area contributed by atoms with Crippen molar-refractivity contribution < 1.29 is 4.42 Å². The third-order valence-corrected chi connectivity index (χ3v) is 11.0. The minimum Gasteiger partial charge on any atom is -0.455 e. The molecule has 262 valence electrons. The lowest BCUT2D eigenvalue weighted by Crippen LogP contribution is -1.94. The standard InChI is InChI=1S/C53H34N2O/c1-3-13-35(14-4-1)41-33-48(37-15-5-2-6-16-37)54-49(34-41)38-27-25-36(26-28-38)39-29-30-51-47(32-39)44-19-7-9-23-50(44)55(51)42-18-11-17-40(31-42)43-21-12-22-46-45-20-8-10-24-52(45)56-53(43)46/h1-34H. The van der Waals surface area contributed by atoms with Gasteiger partial charge >= 0.3 is 0 Å². The minimum atomic E-state index is 0.907. The number of aromatic nitrogens is 2. The van der Waals surface area contributed by atoms with Gasteiger partial charge < -0.3 is 8.98 Å². The van der Waals surface area contributed by atoms with Crippen LogP contribution in [0.4, 0.5) is 0 Å². The molecule has 0 N–H and O–H groups in total. The molecule has 3 nitrogen and oxygen atoms in total. The fraction of sp³-hybridized carbons (Fsp3) is 0. The Labute approximate surface area is 324 Å². The van der Waals surface area contributed by atoms with Crippen LogP contribution in [0.15, 0.2) is 211 Å². The molecule has 0 spiro atoms. The van der Waals surface area contributed by atoms with Crippen LogP contribution in [-0.2, 0) is 0 Å². The summed E-state index contributed by atoms with van der Waals surface area (Å²) in [6.07, 6.45) is 0. The van der Waals surface area contributed by atoms with Gasteiger partial charge in [-0.25, -0.2) is 4.98 Å². The average molecular weight is 715 g/mol. The normalized spacial score (nSPS) is 11.6.